The number of aromatic nitrogens is 2. The molecule has 1 atom stereocenters. The van der Waals surface area contributed by atoms with Crippen molar-refractivity contribution in [3.63, 3.8) is 0 Å². The molecule has 0 amide bonds. The fourth-order valence-corrected chi connectivity index (χ4v) is 2.45. The van der Waals surface area contributed by atoms with Crippen LogP contribution in [0.1, 0.15) is 18.0 Å². The fraction of sp³-hybridized carbons (Fsp3) is 0.308. The minimum absolute atomic E-state index is 0.300. The molecule has 0 radical (unpaired) electrons. The predicted molar refractivity (Wildman–Crippen MR) is 71.2 cm³/mol. The average molecular weight is 264 g/mol. The van der Waals surface area contributed by atoms with Crippen LogP contribution < -0.4 is 5.73 Å². The molecule has 1 aliphatic heterocycles. The van der Waals surface area contributed by atoms with E-state index in [9.17, 15) is 0 Å². The zero-order valence-electron chi connectivity index (χ0n) is 9.84. The lowest BCUT2D eigenvalue weighted by Gasteiger charge is -2.05. The number of hydrogen-bond acceptors (Lipinski definition) is 3. The highest BCUT2D eigenvalue weighted by atomic mass is 35.5. The summed E-state index contributed by atoms with van der Waals surface area (Å²) in [6, 6.07) is 7.58. The van der Waals surface area contributed by atoms with Crippen LogP contribution in [0.4, 0.5) is 5.69 Å². The number of benzene rings is 1. The van der Waals surface area contributed by atoms with Gasteiger partial charge in [0.1, 0.15) is 0 Å². The summed E-state index contributed by atoms with van der Waals surface area (Å²) in [5.74, 6) is 0.300. The average Bonchev–Trinajstić information content (AvgIpc) is 2.98. The van der Waals surface area contributed by atoms with Crippen molar-refractivity contribution in [3.05, 3.63) is 41.2 Å². The van der Waals surface area contributed by atoms with E-state index >= 15 is 0 Å². The Morgan fingerprint density at radius 2 is 2.22 bits per heavy atom. The van der Waals surface area contributed by atoms with E-state index in [1.54, 1.807) is 4.68 Å². The zero-order chi connectivity index (χ0) is 12.5. The van der Waals surface area contributed by atoms with E-state index in [-0.39, 0.29) is 0 Å². The molecule has 1 aliphatic rings. The summed E-state index contributed by atoms with van der Waals surface area (Å²) in [7, 11) is 0. The number of halogens is 1. The van der Waals surface area contributed by atoms with Crippen LogP contribution >= 0.6 is 11.6 Å². The first-order valence-electron chi connectivity index (χ1n) is 5.93. The lowest BCUT2D eigenvalue weighted by atomic mass is 10.0. The molecule has 1 aromatic carbocycles. The zero-order valence-corrected chi connectivity index (χ0v) is 10.6. The normalized spacial score (nSPS) is 19.3. The molecule has 0 bridgehead atoms. The Hall–Kier alpha value is -1.52. The summed E-state index contributed by atoms with van der Waals surface area (Å²) in [4.78, 5) is 0. The molecule has 1 saturated heterocycles. The van der Waals surface area contributed by atoms with Gasteiger partial charge < -0.3 is 10.5 Å². The van der Waals surface area contributed by atoms with Crippen LogP contribution in [0.2, 0.25) is 5.02 Å². The minimum Gasteiger partial charge on any atom is -0.396 e. The van der Waals surface area contributed by atoms with E-state index in [0.29, 0.717) is 23.2 Å². The summed E-state index contributed by atoms with van der Waals surface area (Å²) in [6.07, 6.45) is 2.79. The maximum atomic E-state index is 6.15. The van der Waals surface area contributed by atoms with E-state index < -0.39 is 0 Å². The summed E-state index contributed by atoms with van der Waals surface area (Å²) in [5, 5.41) is 5.21. The van der Waals surface area contributed by atoms with E-state index in [1.807, 2.05) is 30.5 Å². The smallest absolute Gasteiger partial charge is 0.0912 e. The number of nitrogens with zero attached hydrogens (tertiary/aromatic N) is 2. The second kappa shape index (κ2) is 4.63. The lowest BCUT2D eigenvalue weighted by Crippen LogP contribution is -2.03. The number of nitrogen functional groups attached to an aromatic ring is 1. The quantitative estimate of drug-likeness (QED) is 0.906. The van der Waals surface area contributed by atoms with Crippen molar-refractivity contribution < 1.29 is 4.74 Å². The predicted octanol–water partition coefficient (Wildman–Crippen LogP) is 2.61. The molecule has 2 N–H and O–H groups in total. The summed E-state index contributed by atoms with van der Waals surface area (Å²) >= 11 is 6.15. The summed E-state index contributed by atoms with van der Waals surface area (Å²) in [5.41, 5.74) is 8.48. The Morgan fingerprint density at radius 3 is 2.94 bits per heavy atom. The van der Waals surface area contributed by atoms with Gasteiger partial charge in [0.25, 0.3) is 0 Å². The van der Waals surface area contributed by atoms with Crippen molar-refractivity contribution >= 4 is 17.3 Å². The van der Waals surface area contributed by atoms with Gasteiger partial charge in [-0.3, -0.25) is 0 Å². The van der Waals surface area contributed by atoms with Crippen molar-refractivity contribution in [1.29, 1.82) is 0 Å². The van der Waals surface area contributed by atoms with Gasteiger partial charge in [0, 0.05) is 12.5 Å². The van der Waals surface area contributed by atoms with E-state index in [2.05, 4.69) is 5.10 Å². The van der Waals surface area contributed by atoms with Gasteiger partial charge in [-0.15, -0.1) is 0 Å². The molecular formula is C13H14ClN3O. The van der Waals surface area contributed by atoms with Crippen molar-refractivity contribution in [2.24, 2.45) is 0 Å². The first kappa shape index (κ1) is 11.6. The van der Waals surface area contributed by atoms with Gasteiger partial charge in [-0.25, -0.2) is 4.68 Å². The van der Waals surface area contributed by atoms with Gasteiger partial charge in [0.2, 0.25) is 0 Å². The SMILES string of the molecule is Nc1cn(-c2ccccc2Cl)nc1C1CCOC1. The molecule has 1 aromatic heterocycles. The van der Waals surface area contributed by atoms with Crippen LogP contribution in [0, 0.1) is 0 Å². The molecule has 3 rings (SSSR count). The standard InChI is InChI=1S/C13H14ClN3O/c14-10-3-1-2-4-12(10)17-7-11(15)13(16-17)9-5-6-18-8-9/h1-4,7,9H,5-6,8,15H2. The first-order valence-corrected chi connectivity index (χ1v) is 6.31. The molecule has 0 saturated carbocycles. The molecule has 5 heteroatoms. The number of rotatable bonds is 2. The Bertz CT molecular complexity index is 561. The molecule has 1 fully saturated rings. The molecular weight excluding hydrogens is 250 g/mol. The van der Waals surface area contributed by atoms with Crippen molar-refractivity contribution in [2.45, 2.75) is 12.3 Å². The fourth-order valence-electron chi connectivity index (χ4n) is 2.23. The third-order valence-corrected chi connectivity index (χ3v) is 3.51. The number of ether oxygens (including phenoxy) is 1. The molecule has 18 heavy (non-hydrogen) atoms. The molecule has 4 nitrogen and oxygen atoms in total. The van der Waals surface area contributed by atoms with E-state index in [4.69, 9.17) is 22.1 Å². The second-order valence-electron chi connectivity index (χ2n) is 4.43. The third kappa shape index (κ3) is 1.98. The molecule has 2 aromatic rings. The van der Waals surface area contributed by atoms with Gasteiger partial charge in [-0.05, 0) is 18.6 Å². The largest absolute Gasteiger partial charge is 0.396 e. The van der Waals surface area contributed by atoms with Crippen LogP contribution in [0.15, 0.2) is 30.5 Å². The second-order valence-corrected chi connectivity index (χ2v) is 4.83. The Morgan fingerprint density at radius 1 is 1.39 bits per heavy atom. The molecule has 0 aliphatic carbocycles. The number of para-hydroxylation sites is 1. The first-order chi connectivity index (χ1) is 8.75. The Balaban J connectivity index is 1.99. The maximum absolute atomic E-state index is 6.15. The number of anilines is 1. The lowest BCUT2D eigenvalue weighted by molar-refractivity contribution is 0.193. The minimum atomic E-state index is 0.300. The van der Waals surface area contributed by atoms with Gasteiger partial charge >= 0.3 is 0 Å². The Kier molecular flexibility index (Phi) is 2.97. The molecule has 0 spiro atoms. The highest BCUT2D eigenvalue weighted by Crippen LogP contribution is 2.30. The van der Waals surface area contributed by atoms with Crippen LogP contribution in [0.5, 0.6) is 0 Å². The topological polar surface area (TPSA) is 53.1 Å². The maximum Gasteiger partial charge on any atom is 0.0912 e. The molecule has 94 valence electrons. The summed E-state index contributed by atoms with van der Waals surface area (Å²) in [6.45, 7) is 1.48. The summed E-state index contributed by atoms with van der Waals surface area (Å²) < 4.78 is 7.12. The monoisotopic (exact) mass is 263 g/mol. The number of nitrogens with two attached hydrogens (primary N) is 1. The van der Waals surface area contributed by atoms with Crippen molar-refractivity contribution in [1.82, 2.24) is 9.78 Å². The van der Waals surface area contributed by atoms with Gasteiger partial charge in [-0.1, -0.05) is 23.7 Å². The van der Waals surface area contributed by atoms with Crippen molar-refractivity contribution in [2.75, 3.05) is 18.9 Å². The van der Waals surface area contributed by atoms with Crippen LogP contribution in [0.25, 0.3) is 5.69 Å². The van der Waals surface area contributed by atoms with Gasteiger partial charge in [0.15, 0.2) is 0 Å². The van der Waals surface area contributed by atoms with Crippen LogP contribution in [-0.4, -0.2) is 23.0 Å². The molecule has 1 unspecified atom stereocenters. The molecule has 2 heterocycles. The van der Waals surface area contributed by atoms with E-state index in [0.717, 1.165) is 24.4 Å². The van der Waals surface area contributed by atoms with E-state index in [1.165, 1.54) is 0 Å². The Labute approximate surface area is 110 Å². The highest BCUT2D eigenvalue weighted by molar-refractivity contribution is 6.32. The van der Waals surface area contributed by atoms with Crippen LogP contribution in [-0.2, 0) is 4.74 Å². The van der Waals surface area contributed by atoms with Gasteiger partial charge in [-0.2, -0.15) is 5.10 Å². The highest BCUT2D eigenvalue weighted by Gasteiger charge is 2.23. The van der Waals surface area contributed by atoms with Crippen molar-refractivity contribution in [3.8, 4) is 5.69 Å². The van der Waals surface area contributed by atoms with Gasteiger partial charge in [0.05, 0.1) is 34.9 Å². The number of hydrogen-bond donors (Lipinski definition) is 1. The third-order valence-electron chi connectivity index (χ3n) is 3.19. The van der Waals surface area contributed by atoms with Crippen LogP contribution in [0.3, 0.4) is 0 Å².